The van der Waals surface area contributed by atoms with Crippen LogP contribution in [0, 0.1) is 5.92 Å². The number of nitrogens with one attached hydrogen (secondary N) is 1. The van der Waals surface area contributed by atoms with Gasteiger partial charge in [0.2, 0.25) is 0 Å². The number of carbonyl (C=O) groups is 1. The number of hydrogen-bond donors (Lipinski definition) is 2. The van der Waals surface area contributed by atoms with Gasteiger partial charge in [-0.25, -0.2) is 4.98 Å². The Morgan fingerprint density at radius 1 is 1.37 bits per heavy atom. The maximum absolute atomic E-state index is 12.5. The summed E-state index contributed by atoms with van der Waals surface area (Å²) in [5.74, 6) is 2.07. The van der Waals surface area contributed by atoms with Gasteiger partial charge >= 0.3 is 0 Å². The minimum atomic E-state index is -0.172. The van der Waals surface area contributed by atoms with Gasteiger partial charge in [-0.3, -0.25) is 4.79 Å². The highest BCUT2D eigenvalue weighted by Gasteiger charge is 2.25. The fourth-order valence-corrected chi connectivity index (χ4v) is 4.18. The molecule has 1 unspecified atom stereocenters. The fraction of sp³-hybridized carbons (Fsp3) is 0.556. The van der Waals surface area contributed by atoms with Crippen molar-refractivity contribution in [2.24, 2.45) is 18.7 Å². The van der Waals surface area contributed by atoms with Gasteiger partial charge in [-0.15, -0.1) is 24.8 Å². The lowest BCUT2D eigenvalue weighted by molar-refractivity contribution is 0.0886. The van der Waals surface area contributed by atoms with Crippen LogP contribution in [0.5, 0.6) is 0 Å². The van der Waals surface area contributed by atoms with Crippen molar-refractivity contribution in [1.29, 1.82) is 0 Å². The molecule has 1 aliphatic rings. The zero-order valence-electron chi connectivity index (χ0n) is 15.4. The van der Waals surface area contributed by atoms with Crippen molar-refractivity contribution in [1.82, 2.24) is 14.9 Å². The Labute approximate surface area is 176 Å². The van der Waals surface area contributed by atoms with Crippen molar-refractivity contribution in [3.63, 3.8) is 0 Å². The maximum atomic E-state index is 12.5. The van der Waals surface area contributed by atoms with Crippen LogP contribution in [0.3, 0.4) is 0 Å². The summed E-state index contributed by atoms with van der Waals surface area (Å²) in [4.78, 5) is 16.7. The average molecular weight is 435 g/mol. The predicted molar refractivity (Wildman–Crippen MR) is 113 cm³/mol. The van der Waals surface area contributed by atoms with E-state index >= 15 is 0 Å². The van der Waals surface area contributed by atoms with E-state index in [1.54, 1.807) is 24.0 Å². The maximum Gasteiger partial charge on any atom is 0.287 e. The number of imidazole rings is 1. The first-order valence-electron chi connectivity index (χ1n) is 8.87. The van der Waals surface area contributed by atoms with Gasteiger partial charge in [0.15, 0.2) is 10.9 Å². The molecule has 2 aromatic rings. The molecule has 3 rings (SSSR count). The van der Waals surface area contributed by atoms with Crippen molar-refractivity contribution in [3.8, 4) is 0 Å². The van der Waals surface area contributed by atoms with Crippen LogP contribution in [0.4, 0.5) is 0 Å². The highest BCUT2D eigenvalue weighted by molar-refractivity contribution is 7.98. The Morgan fingerprint density at radius 3 is 2.74 bits per heavy atom. The van der Waals surface area contributed by atoms with Gasteiger partial charge in [0.1, 0.15) is 5.76 Å². The third kappa shape index (κ3) is 6.45. The Morgan fingerprint density at radius 2 is 2.11 bits per heavy atom. The van der Waals surface area contributed by atoms with Gasteiger partial charge in [0.25, 0.3) is 5.91 Å². The molecule has 152 valence electrons. The highest BCUT2D eigenvalue weighted by atomic mass is 35.5. The molecule has 1 atom stereocenters. The first kappa shape index (κ1) is 23.9. The quantitative estimate of drug-likeness (QED) is 0.647. The molecule has 0 aromatic carbocycles. The van der Waals surface area contributed by atoms with Crippen LogP contribution in [0.25, 0.3) is 0 Å². The third-order valence-electron chi connectivity index (χ3n) is 4.80. The van der Waals surface area contributed by atoms with Gasteiger partial charge in [-0.05, 0) is 30.9 Å². The van der Waals surface area contributed by atoms with Gasteiger partial charge in [-0.1, -0.05) is 31.0 Å². The van der Waals surface area contributed by atoms with E-state index in [4.69, 9.17) is 10.2 Å². The number of aromatic nitrogens is 2. The van der Waals surface area contributed by atoms with Crippen molar-refractivity contribution >= 4 is 42.5 Å². The van der Waals surface area contributed by atoms with E-state index in [2.05, 4.69) is 10.3 Å². The normalized spacial score (nSPS) is 15.5. The van der Waals surface area contributed by atoms with Crippen LogP contribution in [0.1, 0.15) is 48.4 Å². The molecule has 0 spiro atoms. The molecule has 0 saturated heterocycles. The first-order valence-corrected chi connectivity index (χ1v) is 9.85. The molecule has 6 nitrogen and oxygen atoms in total. The Hall–Kier alpha value is -1.15. The Bertz CT molecular complexity index is 701. The second kappa shape index (κ2) is 11.6. The summed E-state index contributed by atoms with van der Waals surface area (Å²) in [7, 11) is 1.95. The summed E-state index contributed by atoms with van der Waals surface area (Å²) in [6.07, 6.45) is 9.70. The number of amides is 1. The average Bonchev–Trinajstić information content (AvgIpc) is 3.27. The lowest BCUT2D eigenvalue weighted by atomic mass is 9.84. The Kier molecular flexibility index (Phi) is 10.3. The minimum Gasteiger partial charge on any atom is -0.455 e. The van der Waals surface area contributed by atoms with Crippen molar-refractivity contribution in [2.75, 3.05) is 6.54 Å². The number of hydrogen-bond acceptors (Lipinski definition) is 5. The molecule has 3 N–H and O–H groups in total. The number of nitrogens with zero attached hydrogens (tertiary/aromatic N) is 2. The van der Waals surface area contributed by atoms with E-state index in [0.29, 0.717) is 24.0 Å². The van der Waals surface area contributed by atoms with Crippen molar-refractivity contribution in [2.45, 2.75) is 49.1 Å². The number of furan rings is 1. The monoisotopic (exact) mass is 434 g/mol. The largest absolute Gasteiger partial charge is 0.455 e. The molecule has 1 aliphatic carbocycles. The molecule has 0 radical (unpaired) electrons. The second-order valence-corrected chi connectivity index (χ2v) is 7.53. The molecule has 1 fully saturated rings. The predicted octanol–water partition coefficient (Wildman–Crippen LogP) is 3.79. The number of halogens is 2. The summed E-state index contributed by atoms with van der Waals surface area (Å²) in [5.41, 5.74) is 5.89. The molecule has 2 heterocycles. The molecule has 2 aromatic heterocycles. The summed E-state index contributed by atoms with van der Waals surface area (Å²) in [6.45, 7) is 0.471. The van der Waals surface area contributed by atoms with E-state index < -0.39 is 0 Å². The number of aryl methyl sites for hydroxylation is 1. The van der Waals surface area contributed by atoms with E-state index in [1.807, 2.05) is 23.9 Å². The number of thioether (sulfide) groups is 1. The Balaban J connectivity index is 0.00000182. The van der Waals surface area contributed by atoms with Crippen LogP contribution in [-0.4, -0.2) is 28.0 Å². The summed E-state index contributed by atoms with van der Waals surface area (Å²) in [6, 6.07) is 3.62. The highest BCUT2D eigenvalue weighted by Crippen LogP contribution is 2.26. The standard InChI is InChI=1S/C18H26N4O2S.2ClH/c1-22-10-9-20-18(22)25-12-14-7-8-16(24-14)17(23)21-15(11-19)13-5-3-2-4-6-13;;/h7-10,13,15H,2-6,11-12,19H2,1H3,(H,21,23);2*1H. The SMILES string of the molecule is Cl.Cl.Cn1ccnc1SCc1ccc(C(=O)NC(CN)C2CCCCC2)o1. The fourth-order valence-electron chi connectivity index (χ4n) is 3.35. The van der Waals surface area contributed by atoms with E-state index in [1.165, 1.54) is 19.3 Å². The number of carbonyl (C=O) groups excluding carboxylic acids is 1. The van der Waals surface area contributed by atoms with E-state index in [0.717, 1.165) is 23.8 Å². The second-order valence-electron chi connectivity index (χ2n) is 6.59. The lowest BCUT2D eigenvalue weighted by Crippen LogP contribution is -2.45. The summed E-state index contributed by atoms with van der Waals surface area (Å²) in [5, 5.41) is 3.98. The molecular weight excluding hydrogens is 407 g/mol. The summed E-state index contributed by atoms with van der Waals surface area (Å²) < 4.78 is 7.66. The van der Waals surface area contributed by atoms with Gasteiger partial charge < -0.3 is 20.0 Å². The van der Waals surface area contributed by atoms with Crippen LogP contribution in [0.15, 0.2) is 34.1 Å². The smallest absolute Gasteiger partial charge is 0.287 e. The zero-order valence-corrected chi connectivity index (χ0v) is 17.9. The third-order valence-corrected chi connectivity index (χ3v) is 5.88. The minimum absolute atomic E-state index is 0. The molecule has 27 heavy (non-hydrogen) atoms. The topological polar surface area (TPSA) is 86.1 Å². The molecule has 1 amide bonds. The lowest BCUT2D eigenvalue weighted by Gasteiger charge is -2.29. The molecule has 0 bridgehead atoms. The molecule has 9 heteroatoms. The first-order chi connectivity index (χ1) is 12.2. The molecule has 1 saturated carbocycles. The number of rotatable bonds is 7. The van der Waals surface area contributed by atoms with Gasteiger partial charge in [0.05, 0.1) is 5.75 Å². The molecule has 0 aliphatic heterocycles. The van der Waals surface area contributed by atoms with Crippen LogP contribution < -0.4 is 11.1 Å². The van der Waals surface area contributed by atoms with Gasteiger partial charge in [-0.2, -0.15) is 0 Å². The number of nitrogens with two attached hydrogens (primary N) is 1. The summed E-state index contributed by atoms with van der Waals surface area (Å²) >= 11 is 1.58. The molecular formula is C18H28Cl2N4O2S. The van der Waals surface area contributed by atoms with E-state index in [-0.39, 0.29) is 36.8 Å². The van der Waals surface area contributed by atoms with Gasteiger partial charge in [0, 0.05) is 32.0 Å². The van der Waals surface area contributed by atoms with Crippen LogP contribution in [-0.2, 0) is 12.8 Å². The van der Waals surface area contributed by atoms with Crippen molar-refractivity contribution in [3.05, 3.63) is 36.0 Å². The van der Waals surface area contributed by atoms with Crippen LogP contribution in [0.2, 0.25) is 0 Å². The van der Waals surface area contributed by atoms with Crippen LogP contribution >= 0.6 is 36.6 Å². The van der Waals surface area contributed by atoms with E-state index in [9.17, 15) is 4.79 Å². The zero-order chi connectivity index (χ0) is 17.6. The van der Waals surface area contributed by atoms with Crippen molar-refractivity contribution < 1.29 is 9.21 Å².